The Labute approximate surface area is 107 Å². The third-order valence-corrected chi connectivity index (χ3v) is 4.75. The summed E-state index contributed by atoms with van der Waals surface area (Å²) in [5.74, 6) is 0.877. The van der Waals surface area contributed by atoms with E-state index in [0.29, 0.717) is 11.7 Å². The van der Waals surface area contributed by atoms with Gasteiger partial charge in [-0.05, 0) is 60.9 Å². The van der Waals surface area contributed by atoms with E-state index in [1.807, 2.05) is 26.8 Å². The lowest BCUT2D eigenvalue weighted by Crippen LogP contribution is -2.22. The Morgan fingerprint density at radius 3 is 2.78 bits per heavy atom. The first-order valence-corrected chi connectivity index (χ1v) is 6.66. The van der Waals surface area contributed by atoms with E-state index in [2.05, 4.69) is 0 Å². The molecule has 1 fully saturated rings. The minimum Gasteiger partial charge on any atom is -0.508 e. The van der Waals surface area contributed by atoms with Crippen molar-refractivity contribution in [3.05, 3.63) is 28.3 Å². The number of ether oxygens (including phenoxy) is 1. The summed E-state index contributed by atoms with van der Waals surface area (Å²) in [6, 6.07) is 1.84. The normalized spacial score (nSPS) is 34.2. The number of hydrogen-bond acceptors (Lipinski definition) is 3. The fourth-order valence-electron chi connectivity index (χ4n) is 3.56. The van der Waals surface area contributed by atoms with Gasteiger partial charge in [0.25, 0.3) is 0 Å². The van der Waals surface area contributed by atoms with Crippen molar-refractivity contribution in [2.24, 2.45) is 11.8 Å². The Kier molecular flexibility index (Phi) is 2.65. The highest BCUT2D eigenvalue weighted by molar-refractivity contribution is 5.50. The number of aliphatic hydroxyl groups is 1. The molecule has 0 spiro atoms. The van der Waals surface area contributed by atoms with Crippen LogP contribution in [0.3, 0.4) is 0 Å². The van der Waals surface area contributed by atoms with Crippen molar-refractivity contribution < 1.29 is 14.9 Å². The van der Waals surface area contributed by atoms with Gasteiger partial charge in [-0.2, -0.15) is 0 Å². The molecule has 2 N–H and O–H groups in total. The number of aromatic hydroxyl groups is 1. The summed E-state index contributed by atoms with van der Waals surface area (Å²) in [6.07, 6.45) is 1.35. The molecule has 1 aromatic rings. The average molecular weight is 248 g/mol. The van der Waals surface area contributed by atoms with Crippen LogP contribution in [0.4, 0.5) is 0 Å². The van der Waals surface area contributed by atoms with Crippen molar-refractivity contribution in [3.8, 4) is 5.75 Å². The summed E-state index contributed by atoms with van der Waals surface area (Å²) >= 11 is 0. The van der Waals surface area contributed by atoms with Gasteiger partial charge in [-0.25, -0.2) is 0 Å². The molecule has 1 aromatic carbocycles. The van der Waals surface area contributed by atoms with E-state index in [9.17, 15) is 10.2 Å². The second kappa shape index (κ2) is 3.97. The fraction of sp³-hybridized carbons (Fsp3) is 0.600. The zero-order chi connectivity index (χ0) is 13.0. The smallest absolute Gasteiger partial charge is 0.158 e. The molecule has 2 aliphatic rings. The molecule has 4 atom stereocenters. The monoisotopic (exact) mass is 248 g/mol. The first-order chi connectivity index (χ1) is 8.50. The van der Waals surface area contributed by atoms with Gasteiger partial charge in [0.15, 0.2) is 6.29 Å². The van der Waals surface area contributed by atoms with Gasteiger partial charge in [0.05, 0.1) is 6.10 Å². The molecule has 0 amide bonds. The molecule has 3 nitrogen and oxygen atoms in total. The van der Waals surface area contributed by atoms with Gasteiger partial charge in [0, 0.05) is 5.92 Å². The lowest BCUT2D eigenvalue weighted by molar-refractivity contribution is -0.107. The third kappa shape index (κ3) is 1.50. The van der Waals surface area contributed by atoms with Gasteiger partial charge in [0.2, 0.25) is 0 Å². The molecule has 0 radical (unpaired) electrons. The van der Waals surface area contributed by atoms with E-state index in [1.54, 1.807) is 0 Å². The Morgan fingerprint density at radius 2 is 2.06 bits per heavy atom. The van der Waals surface area contributed by atoms with Crippen LogP contribution in [0.15, 0.2) is 6.07 Å². The van der Waals surface area contributed by atoms with Crippen LogP contribution in [-0.2, 0) is 11.2 Å². The Bertz CT molecular complexity index is 495. The molecule has 18 heavy (non-hydrogen) atoms. The van der Waals surface area contributed by atoms with E-state index in [-0.39, 0.29) is 12.0 Å². The first-order valence-electron chi connectivity index (χ1n) is 6.66. The van der Waals surface area contributed by atoms with Crippen LogP contribution < -0.4 is 0 Å². The summed E-state index contributed by atoms with van der Waals surface area (Å²) in [4.78, 5) is 0. The molecule has 1 aliphatic heterocycles. The predicted molar refractivity (Wildman–Crippen MR) is 68.4 cm³/mol. The highest BCUT2D eigenvalue weighted by Gasteiger charge is 2.45. The summed E-state index contributed by atoms with van der Waals surface area (Å²) < 4.78 is 5.74. The fourth-order valence-corrected chi connectivity index (χ4v) is 3.56. The molecule has 0 bridgehead atoms. The quantitative estimate of drug-likeness (QED) is 0.742. The Balaban J connectivity index is 2.15. The summed E-state index contributed by atoms with van der Waals surface area (Å²) in [5, 5.41) is 19.9. The molecule has 4 unspecified atom stereocenters. The van der Waals surface area contributed by atoms with Gasteiger partial charge < -0.3 is 14.9 Å². The number of rotatable bonds is 0. The zero-order valence-electron chi connectivity index (χ0n) is 11.1. The molecule has 0 saturated carbocycles. The van der Waals surface area contributed by atoms with Crippen molar-refractivity contribution in [1.29, 1.82) is 0 Å². The summed E-state index contributed by atoms with van der Waals surface area (Å²) in [7, 11) is 0. The highest BCUT2D eigenvalue weighted by Crippen LogP contribution is 2.50. The lowest BCUT2D eigenvalue weighted by atomic mass is 9.74. The molecule has 1 saturated heterocycles. The second-order valence-corrected chi connectivity index (χ2v) is 5.74. The summed E-state index contributed by atoms with van der Waals surface area (Å²) in [6.45, 7) is 6.02. The number of phenolic OH excluding ortho intramolecular Hbond substituents is 1. The van der Waals surface area contributed by atoms with Gasteiger partial charge in [-0.3, -0.25) is 0 Å². The molecule has 0 aromatic heterocycles. The lowest BCUT2D eigenvalue weighted by Gasteiger charge is -2.31. The van der Waals surface area contributed by atoms with E-state index in [4.69, 9.17) is 4.74 Å². The highest BCUT2D eigenvalue weighted by atomic mass is 16.6. The number of aliphatic hydroxyl groups excluding tert-OH is 1. The number of fused-ring (bicyclic) bond motifs is 3. The molecular formula is C15H20O3. The minimum atomic E-state index is -0.673. The van der Waals surface area contributed by atoms with Gasteiger partial charge in [-0.1, -0.05) is 6.92 Å². The van der Waals surface area contributed by atoms with Crippen LogP contribution in [0.2, 0.25) is 0 Å². The van der Waals surface area contributed by atoms with Crippen LogP contribution in [0.1, 0.15) is 41.7 Å². The molecular weight excluding hydrogens is 228 g/mol. The van der Waals surface area contributed by atoms with Crippen LogP contribution in [-0.4, -0.2) is 16.5 Å². The third-order valence-electron chi connectivity index (χ3n) is 4.75. The van der Waals surface area contributed by atoms with Crippen molar-refractivity contribution >= 4 is 0 Å². The van der Waals surface area contributed by atoms with Crippen LogP contribution >= 0.6 is 0 Å². The number of benzene rings is 1. The van der Waals surface area contributed by atoms with Crippen molar-refractivity contribution in [1.82, 2.24) is 0 Å². The number of phenols is 1. The molecule has 98 valence electrons. The van der Waals surface area contributed by atoms with Crippen LogP contribution in [0.25, 0.3) is 0 Å². The Morgan fingerprint density at radius 1 is 1.33 bits per heavy atom. The maximum Gasteiger partial charge on any atom is 0.158 e. The van der Waals surface area contributed by atoms with Crippen molar-refractivity contribution in [2.45, 2.75) is 46.0 Å². The molecule has 1 heterocycles. The topological polar surface area (TPSA) is 49.7 Å². The zero-order valence-corrected chi connectivity index (χ0v) is 11.1. The maximum absolute atomic E-state index is 9.99. The van der Waals surface area contributed by atoms with Crippen molar-refractivity contribution in [3.63, 3.8) is 0 Å². The molecule has 3 rings (SSSR count). The van der Waals surface area contributed by atoms with E-state index in [0.717, 1.165) is 29.5 Å². The van der Waals surface area contributed by atoms with E-state index in [1.165, 1.54) is 5.56 Å². The van der Waals surface area contributed by atoms with E-state index >= 15 is 0 Å². The standard InChI is InChI=1S/C15H20O3/c1-7-6-12(16)9(3)13-10(7)4-5-11-8(2)15(17)18-14(11)13/h6,8,11,14-17H,4-5H2,1-3H3. The first kappa shape index (κ1) is 12.0. The van der Waals surface area contributed by atoms with Crippen LogP contribution in [0.5, 0.6) is 5.75 Å². The Hall–Kier alpha value is -1.06. The van der Waals surface area contributed by atoms with Gasteiger partial charge >= 0.3 is 0 Å². The summed E-state index contributed by atoms with van der Waals surface area (Å²) in [5.41, 5.74) is 4.45. The number of hydrogen-bond donors (Lipinski definition) is 2. The minimum absolute atomic E-state index is 0.0513. The van der Waals surface area contributed by atoms with Crippen molar-refractivity contribution in [2.75, 3.05) is 0 Å². The molecule has 3 heteroatoms. The average Bonchev–Trinajstić information content (AvgIpc) is 2.62. The largest absolute Gasteiger partial charge is 0.508 e. The predicted octanol–water partition coefficient (Wildman–Crippen LogP) is 2.60. The number of aryl methyl sites for hydroxylation is 1. The van der Waals surface area contributed by atoms with Gasteiger partial charge in [-0.15, -0.1) is 0 Å². The van der Waals surface area contributed by atoms with Gasteiger partial charge in [0.1, 0.15) is 5.75 Å². The SMILES string of the molecule is Cc1cc(O)c(C)c2c1CCC1C2OC(O)C1C. The van der Waals surface area contributed by atoms with E-state index < -0.39 is 6.29 Å². The second-order valence-electron chi connectivity index (χ2n) is 5.74. The molecule has 1 aliphatic carbocycles. The van der Waals surface area contributed by atoms with Crippen LogP contribution in [0, 0.1) is 25.7 Å². The maximum atomic E-state index is 9.99.